The summed E-state index contributed by atoms with van der Waals surface area (Å²) in [5.74, 6) is 0. The normalized spacial score (nSPS) is 21.0. The molecule has 5 heteroatoms. The van der Waals surface area contributed by atoms with Crippen molar-refractivity contribution in [3.05, 3.63) is 29.1 Å². The highest BCUT2D eigenvalue weighted by molar-refractivity contribution is 5.74. The number of fused-ring (bicyclic) bond motifs is 1. The van der Waals surface area contributed by atoms with Gasteiger partial charge in [0.2, 0.25) is 0 Å². The Morgan fingerprint density at radius 1 is 1.36 bits per heavy atom. The average Bonchev–Trinajstić information content (AvgIpc) is 2.91. The van der Waals surface area contributed by atoms with Crippen LogP contribution in [0.15, 0.2) is 17.8 Å². The fourth-order valence-electron chi connectivity index (χ4n) is 3.53. The smallest absolute Gasteiger partial charge is 0.315 e. The van der Waals surface area contributed by atoms with E-state index >= 15 is 0 Å². The largest absolute Gasteiger partial charge is 0.338 e. The molecule has 1 atom stereocenters. The lowest BCUT2D eigenvalue weighted by Crippen LogP contribution is -2.39. The number of hydrogen-bond acceptors (Lipinski definition) is 2. The molecule has 0 aliphatic heterocycles. The minimum atomic E-state index is -0.0573. The van der Waals surface area contributed by atoms with Crippen LogP contribution in [0.4, 0.5) is 4.79 Å². The molecule has 5 nitrogen and oxygen atoms in total. The summed E-state index contributed by atoms with van der Waals surface area (Å²) in [7, 11) is 1.97. The maximum absolute atomic E-state index is 12.1. The fraction of sp³-hybridized carbons (Fsp3) is 0.647. The Bertz CT molecular complexity index is 561. The van der Waals surface area contributed by atoms with E-state index in [9.17, 15) is 4.79 Å². The van der Waals surface area contributed by atoms with E-state index < -0.39 is 0 Å². The predicted octanol–water partition coefficient (Wildman–Crippen LogP) is 2.99. The predicted molar refractivity (Wildman–Crippen MR) is 86.6 cm³/mol. The molecule has 0 aromatic carbocycles. The van der Waals surface area contributed by atoms with Gasteiger partial charge in [0.1, 0.15) is 0 Å². The van der Waals surface area contributed by atoms with Crippen molar-refractivity contribution in [2.24, 2.45) is 7.05 Å². The summed E-state index contributed by atoms with van der Waals surface area (Å²) in [6, 6.07) is 0.0458. The monoisotopic (exact) mass is 302 g/mol. The van der Waals surface area contributed by atoms with Crippen LogP contribution >= 0.6 is 0 Å². The van der Waals surface area contributed by atoms with E-state index in [0.29, 0.717) is 0 Å². The standard InChI is InChI=1S/C17H26N4O/c1-21-16-9-5-8-15(14(16)12-19-21)20-17(22)18-11-10-13-6-3-2-4-7-13/h6,12,15H,2-5,7-11H2,1H3,(H2,18,20,22). The SMILES string of the molecule is Cn1ncc2c1CCCC2NC(=O)NCCC1=CCCCC1. The molecule has 120 valence electrons. The number of amides is 2. The lowest BCUT2D eigenvalue weighted by atomic mass is 9.93. The highest BCUT2D eigenvalue weighted by Crippen LogP contribution is 2.28. The Morgan fingerprint density at radius 3 is 3.09 bits per heavy atom. The van der Waals surface area contributed by atoms with E-state index in [2.05, 4.69) is 21.8 Å². The van der Waals surface area contributed by atoms with Gasteiger partial charge in [-0.2, -0.15) is 5.10 Å². The molecule has 0 radical (unpaired) electrons. The van der Waals surface area contributed by atoms with Gasteiger partial charge in [-0.05, 0) is 51.4 Å². The summed E-state index contributed by atoms with van der Waals surface area (Å²) in [4.78, 5) is 12.1. The average molecular weight is 302 g/mol. The second kappa shape index (κ2) is 6.99. The zero-order chi connectivity index (χ0) is 15.4. The number of rotatable bonds is 4. The van der Waals surface area contributed by atoms with Crippen LogP contribution in [0.1, 0.15) is 62.2 Å². The summed E-state index contributed by atoms with van der Waals surface area (Å²) < 4.78 is 1.93. The molecule has 0 saturated carbocycles. The summed E-state index contributed by atoms with van der Waals surface area (Å²) in [6.45, 7) is 0.726. The second-order valence-corrected chi connectivity index (χ2v) is 6.37. The van der Waals surface area contributed by atoms with E-state index in [1.807, 2.05) is 17.9 Å². The Morgan fingerprint density at radius 2 is 2.27 bits per heavy atom. The van der Waals surface area contributed by atoms with E-state index in [-0.39, 0.29) is 12.1 Å². The zero-order valence-electron chi connectivity index (χ0n) is 13.4. The van der Waals surface area contributed by atoms with Gasteiger partial charge in [0, 0.05) is 24.8 Å². The first-order valence-electron chi connectivity index (χ1n) is 8.47. The van der Waals surface area contributed by atoms with Gasteiger partial charge in [0.15, 0.2) is 0 Å². The molecule has 1 heterocycles. The van der Waals surface area contributed by atoms with Crippen LogP contribution in [0.3, 0.4) is 0 Å². The van der Waals surface area contributed by atoms with Crippen molar-refractivity contribution < 1.29 is 4.79 Å². The van der Waals surface area contributed by atoms with E-state index in [4.69, 9.17) is 0 Å². The Kier molecular flexibility index (Phi) is 4.80. The number of urea groups is 1. The highest BCUT2D eigenvalue weighted by atomic mass is 16.2. The maximum atomic E-state index is 12.1. The molecular formula is C17H26N4O. The first-order chi connectivity index (χ1) is 10.7. The Labute approximate surface area is 132 Å². The summed E-state index contributed by atoms with van der Waals surface area (Å²) >= 11 is 0. The van der Waals surface area contributed by atoms with Crippen molar-refractivity contribution in [1.29, 1.82) is 0 Å². The number of hydrogen-bond donors (Lipinski definition) is 2. The van der Waals surface area contributed by atoms with Crippen molar-refractivity contribution in [3.8, 4) is 0 Å². The van der Waals surface area contributed by atoms with Gasteiger partial charge < -0.3 is 10.6 Å². The van der Waals surface area contributed by atoms with Crippen LogP contribution in [0, 0.1) is 0 Å². The first-order valence-corrected chi connectivity index (χ1v) is 8.47. The van der Waals surface area contributed by atoms with Crippen LogP contribution in [-0.4, -0.2) is 22.4 Å². The molecule has 1 unspecified atom stereocenters. The fourth-order valence-corrected chi connectivity index (χ4v) is 3.53. The van der Waals surface area contributed by atoms with E-state index in [0.717, 1.165) is 32.2 Å². The van der Waals surface area contributed by atoms with Gasteiger partial charge >= 0.3 is 6.03 Å². The molecule has 0 spiro atoms. The van der Waals surface area contributed by atoms with Crippen molar-refractivity contribution >= 4 is 6.03 Å². The molecule has 2 amide bonds. The molecule has 2 aliphatic rings. The third-order valence-electron chi connectivity index (χ3n) is 4.80. The van der Waals surface area contributed by atoms with E-state index in [1.165, 1.54) is 42.5 Å². The number of nitrogens with one attached hydrogen (secondary N) is 2. The Hall–Kier alpha value is -1.78. The molecular weight excluding hydrogens is 276 g/mol. The number of carbonyl (C=O) groups is 1. The molecule has 0 fully saturated rings. The van der Waals surface area contributed by atoms with Crippen LogP contribution in [0.2, 0.25) is 0 Å². The third kappa shape index (κ3) is 3.51. The van der Waals surface area contributed by atoms with Gasteiger partial charge in [-0.1, -0.05) is 11.6 Å². The summed E-state index contributed by atoms with van der Waals surface area (Å²) in [6.07, 6.45) is 13.4. The van der Waals surface area contributed by atoms with Crippen LogP contribution in [0.25, 0.3) is 0 Å². The number of carbonyl (C=O) groups excluding carboxylic acids is 1. The van der Waals surface area contributed by atoms with Crippen molar-refractivity contribution in [3.63, 3.8) is 0 Å². The van der Waals surface area contributed by atoms with Crippen LogP contribution in [0.5, 0.6) is 0 Å². The molecule has 22 heavy (non-hydrogen) atoms. The molecule has 3 rings (SSSR count). The number of aryl methyl sites for hydroxylation is 1. The highest BCUT2D eigenvalue weighted by Gasteiger charge is 2.24. The van der Waals surface area contributed by atoms with Gasteiger partial charge in [-0.25, -0.2) is 4.79 Å². The minimum Gasteiger partial charge on any atom is -0.338 e. The molecule has 0 bridgehead atoms. The quantitative estimate of drug-likeness (QED) is 0.840. The first kappa shape index (κ1) is 15.1. The van der Waals surface area contributed by atoms with Gasteiger partial charge in [0.05, 0.1) is 12.2 Å². The van der Waals surface area contributed by atoms with Crippen molar-refractivity contribution in [2.45, 2.75) is 57.4 Å². The van der Waals surface area contributed by atoms with Crippen molar-refractivity contribution in [2.75, 3.05) is 6.54 Å². The summed E-state index contributed by atoms with van der Waals surface area (Å²) in [5, 5.41) is 10.4. The number of nitrogens with zero attached hydrogens (tertiary/aromatic N) is 2. The number of aromatic nitrogens is 2. The topological polar surface area (TPSA) is 59.0 Å². The van der Waals surface area contributed by atoms with E-state index in [1.54, 1.807) is 0 Å². The lowest BCUT2D eigenvalue weighted by molar-refractivity contribution is 0.235. The lowest BCUT2D eigenvalue weighted by Gasteiger charge is -2.24. The third-order valence-corrected chi connectivity index (χ3v) is 4.80. The van der Waals surface area contributed by atoms with Crippen LogP contribution < -0.4 is 10.6 Å². The van der Waals surface area contributed by atoms with Crippen molar-refractivity contribution in [1.82, 2.24) is 20.4 Å². The molecule has 0 saturated heterocycles. The van der Waals surface area contributed by atoms with Gasteiger partial charge in [-0.3, -0.25) is 4.68 Å². The maximum Gasteiger partial charge on any atom is 0.315 e. The van der Waals surface area contributed by atoms with Gasteiger partial charge in [-0.15, -0.1) is 0 Å². The minimum absolute atomic E-state index is 0.0573. The molecule has 2 aliphatic carbocycles. The summed E-state index contributed by atoms with van der Waals surface area (Å²) in [5.41, 5.74) is 3.93. The molecule has 1 aromatic heterocycles. The Balaban J connectivity index is 1.47. The molecule has 2 N–H and O–H groups in total. The second-order valence-electron chi connectivity index (χ2n) is 6.37. The number of allylic oxidation sites excluding steroid dienone is 1. The van der Waals surface area contributed by atoms with Crippen LogP contribution in [-0.2, 0) is 13.5 Å². The zero-order valence-corrected chi connectivity index (χ0v) is 13.4. The van der Waals surface area contributed by atoms with Gasteiger partial charge in [0.25, 0.3) is 0 Å². The molecule has 1 aromatic rings.